The summed E-state index contributed by atoms with van der Waals surface area (Å²) in [4.78, 5) is 10.5. The molecule has 0 atom stereocenters. The van der Waals surface area contributed by atoms with Crippen molar-refractivity contribution in [3.63, 3.8) is 0 Å². The zero-order chi connectivity index (χ0) is 11.5. The number of aromatic hydroxyl groups is 1. The zero-order valence-corrected chi connectivity index (χ0v) is 8.25. The quantitative estimate of drug-likeness (QED) is 0.820. The predicted molar refractivity (Wildman–Crippen MR) is 54.4 cm³/mol. The van der Waals surface area contributed by atoms with E-state index in [2.05, 4.69) is 9.68 Å². The molecule has 0 aliphatic carbocycles. The molecule has 2 N–H and O–H groups in total. The van der Waals surface area contributed by atoms with Crippen LogP contribution in [0.2, 0.25) is 0 Å². The van der Waals surface area contributed by atoms with E-state index in [0.717, 1.165) is 5.56 Å². The highest BCUT2D eigenvalue weighted by atomic mass is 16.5. The monoisotopic (exact) mass is 219 g/mol. The fraction of sp³-hybridized carbons (Fsp3) is 0.0909. The van der Waals surface area contributed by atoms with Gasteiger partial charge in [-0.05, 0) is 17.7 Å². The number of carboxylic acids is 1. The smallest absolute Gasteiger partial charge is 0.374 e. The van der Waals surface area contributed by atoms with E-state index in [1.807, 2.05) is 0 Å². The van der Waals surface area contributed by atoms with E-state index < -0.39 is 5.97 Å². The summed E-state index contributed by atoms with van der Waals surface area (Å²) in [7, 11) is 0. The highest BCUT2D eigenvalue weighted by Crippen LogP contribution is 2.14. The van der Waals surface area contributed by atoms with Gasteiger partial charge in [0.15, 0.2) is 0 Å². The van der Waals surface area contributed by atoms with Crippen molar-refractivity contribution in [2.75, 3.05) is 0 Å². The van der Waals surface area contributed by atoms with Crippen LogP contribution in [0.15, 0.2) is 34.9 Å². The van der Waals surface area contributed by atoms with Gasteiger partial charge in [0.2, 0.25) is 5.76 Å². The molecule has 82 valence electrons. The Morgan fingerprint density at radius 3 is 2.56 bits per heavy atom. The van der Waals surface area contributed by atoms with Crippen molar-refractivity contribution < 1.29 is 19.5 Å². The lowest BCUT2D eigenvalue weighted by atomic mass is 10.1. The summed E-state index contributed by atoms with van der Waals surface area (Å²) in [5, 5.41) is 21.4. The minimum atomic E-state index is -1.13. The standard InChI is InChI=1S/C11H9NO4/c13-9-3-1-7(2-4-9)5-8-6-10(11(14)15)16-12-8/h1-4,6,13H,5H2,(H,14,15). The van der Waals surface area contributed by atoms with Gasteiger partial charge in [-0.3, -0.25) is 0 Å². The van der Waals surface area contributed by atoms with Crippen molar-refractivity contribution in [1.29, 1.82) is 0 Å². The number of aromatic nitrogens is 1. The van der Waals surface area contributed by atoms with Gasteiger partial charge in [-0.15, -0.1) is 0 Å². The minimum Gasteiger partial charge on any atom is -0.508 e. The first-order chi connectivity index (χ1) is 7.65. The predicted octanol–water partition coefficient (Wildman–Crippen LogP) is 1.67. The second-order valence-electron chi connectivity index (χ2n) is 3.33. The Kier molecular flexibility index (Phi) is 2.59. The topological polar surface area (TPSA) is 83.6 Å². The molecule has 2 aromatic rings. The van der Waals surface area contributed by atoms with Gasteiger partial charge in [0, 0.05) is 12.5 Å². The van der Waals surface area contributed by atoms with Gasteiger partial charge in [0.1, 0.15) is 5.75 Å². The van der Waals surface area contributed by atoms with E-state index in [-0.39, 0.29) is 11.5 Å². The maximum absolute atomic E-state index is 10.5. The van der Waals surface area contributed by atoms with Crippen LogP contribution in [0.3, 0.4) is 0 Å². The van der Waals surface area contributed by atoms with Crippen LogP contribution in [-0.4, -0.2) is 21.3 Å². The number of benzene rings is 1. The van der Waals surface area contributed by atoms with Crippen LogP contribution in [0, 0.1) is 0 Å². The molecule has 0 fully saturated rings. The van der Waals surface area contributed by atoms with Crippen LogP contribution in [0.1, 0.15) is 21.8 Å². The van der Waals surface area contributed by atoms with E-state index in [4.69, 9.17) is 10.2 Å². The molecule has 1 heterocycles. The highest BCUT2D eigenvalue weighted by molar-refractivity contribution is 5.84. The number of hydrogen-bond donors (Lipinski definition) is 2. The summed E-state index contributed by atoms with van der Waals surface area (Å²) >= 11 is 0. The molecule has 0 radical (unpaired) electrons. The van der Waals surface area contributed by atoms with Crippen molar-refractivity contribution in [2.45, 2.75) is 6.42 Å². The van der Waals surface area contributed by atoms with Crippen LogP contribution in [0.25, 0.3) is 0 Å². The molecule has 0 saturated carbocycles. The van der Waals surface area contributed by atoms with Crippen LogP contribution in [0.5, 0.6) is 5.75 Å². The third-order valence-corrected chi connectivity index (χ3v) is 2.09. The molecule has 1 aromatic carbocycles. The third kappa shape index (κ3) is 2.20. The first kappa shape index (κ1) is 10.2. The van der Waals surface area contributed by atoms with Crippen molar-refractivity contribution >= 4 is 5.97 Å². The highest BCUT2D eigenvalue weighted by Gasteiger charge is 2.10. The number of carboxylic acid groups (broad SMARTS) is 1. The number of rotatable bonds is 3. The normalized spacial score (nSPS) is 10.2. The van der Waals surface area contributed by atoms with Gasteiger partial charge in [0.25, 0.3) is 0 Å². The van der Waals surface area contributed by atoms with Crippen molar-refractivity contribution in [3.05, 3.63) is 47.3 Å². The van der Waals surface area contributed by atoms with Crippen LogP contribution in [0.4, 0.5) is 0 Å². The van der Waals surface area contributed by atoms with Crippen molar-refractivity contribution in [2.24, 2.45) is 0 Å². The summed E-state index contributed by atoms with van der Waals surface area (Å²) in [5.41, 5.74) is 1.46. The summed E-state index contributed by atoms with van der Waals surface area (Å²) in [6.07, 6.45) is 0.469. The van der Waals surface area contributed by atoms with E-state index in [9.17, 15) is 4.79 Å². The largest absolute Gasteiger partial charge is 0.508 e. The van der Waals surface area contributed by atoms with E-state index in [1.165, 1.54) is 6.07 Å². The van der Waals surface area contributed by atoms with E-state index in [0.29, 0.717) is 12.1 Å². The molecule has 0 aliphatic heterocycles. The summed E-state index contributed by atoms with van der Waals surface area (Å²) < 4.78 is 4.62. The second kappa shape index (κ2) is 4.06. The average Bonchev–Trinajstić information content (AvgIpc) is 2.70. The summed E-state index contributed by atoms with van der Waals surface area (Å²) in [5.74, 6) is -1.12. The molecular weight excluding hydrogens is 210 g/mol. The zero-order valence-electron chi connectivity index (χ0n) is 8.25. The maximum atomic E-state index is 10.5. The SMILES string of the molecule is O=C(O)c1cc(Cc2ccc(O)cc2)no1. The fourth-order valence-electron chi connectivity index (χ4n) is 1.32. The lowest BCUT2D eigenvalue weighted by Gasteiger charge is -1.96. The minimum absolute atomic E-state index is 0.172. The molecule has 0 spiro atoms. The van der Waals surface area contributed by atoms with Crippen molar-refractivity contribution in [3.8, 4) is 5.75 Å². The Labute approximate surface area is 90.9 Å². The second-order valence-corrected chi connectivity index (χ2v) is 3.33. The number of carbonyl (C=O) groups is 1. The van der Waals surface area contributed by atoms with Gasteiger partial charge in [-0.25, -0.2) is 4.79 Å². The Hall–Kier alpha value is -2.30. The number of hydrogen-bond acceptors (Lipinski definition) is 4. The van der Waals surface area contributed by atoms with Crippen LogP contribution < -0.4 is 0 Å². The molecule has 1 aromatic heterocycles. The van der Waals surface area contributed by atoms with Crippen LogP contribution in [-0.2, 0) is 6.42 Å². The number of phenols is 1. The Bertz CT molecular complexity index is 501. The van der Waals surface area contributed by atoms with Crippen molar-refractivity contribution in [1.82, 2.24) is 5.16 Å². The lowest BCUT2D eigenvalue weighted by molar-refractivity contribution is 0.0652. The Morgan fingerprint density at radius 1 is 1.31 bits per heavy atom. The summed E-state index contributed by atoms with van der Waals surface area (Å²) in [6.45, 7) is 0. The molecular formula is C11H9NO4. The van der Waals surface area contributed by atoms with Gasteiger partial charge in [-0.1, -0.05) is 17.3 Å². The van der Waals surface area contributed by atoms with Gasteiger partial charge in [-0.2, -0.15) is 0 Å². The molecule has 0 amide bonds. The number of nitrogens with zero attached hydrogens (tertiary/aromatic N) is 1. The first-order valence-electron chi connectivity index (χ1n) is 4.62. The fourth-order valence-corrected chi connectivity index (χ4v) is 1.32. The van der Waals surface area contributed by atoms with Gasteiger partial charge < -0.3 is 14.7 Å². The molecule has 0 unspecified atom stereocenters. The molecule has 0 aliphatic rings. The molecule has 5 nitrogen and oxygen atoms in total. The first-order valence-corrected chi connectivity index (χ1v) is 4.62. The average molecular weight is 219 g/mol. The maximum Gasteiger partial charge on any atom is 0.374 e. The molecule has 2 rings (SSSR count). The molecule has 5 heteroatoms. The van der Waals surface area contributed by atoms with Crippen LogP contribution >= 0.6 is 0 Å². The lowest BCUT2D eigenvalue weighted by Crippen LogP contribution is -1.92. The Morgan fingerprint density at radius 2 is 2.00 bits per heavy atom. The van der Waals surface area contributed by atoms with Gasteiger partial charge in [0.05, 0.1) is 5.69 Å². The van der Waals surface area contributed by atoms with Gasteiger partial charge >= 0.3 is 5.97 Å². The number of phenolic OH excluding ortho intramolecular Hbond substituents is 1. The third-order valence-electron chi connectivity index (χ3n) is 2.09. The Balaban J connectivity index is 2.14. The summed E-state index contributed by atoms with van der Waals surface area (Å²) in [6, 6.07) is 7.99. The van der Waals surface area contributed by atoms with E-state index in [1.54, 1.807) is 24.3 Å². The van der Waals surface area contributed by atoms with E-state index >= 15 is 0 Å². The molecule has 0 saturated heterocycles. The number of aromatic carboxylic acids is 1. The molecule has 16 heavy (non-hydrogen) atoms. The molecule has 0 bridgehead atoms.